The molecule has 0 atom stereocenters. The molecule has 132 valence electrons. The van der Waals surface area contributed by atoms with Crippen LogP contribution < -0.4 is 10.1 Å². The summed E-state index contributed by atoms with van der Waals surface area (Å²) in [6.45, 7) is -0.544. The van der Waals surface area contributed by atoms with Crippen LogP contribution in [-0.2, 0) is 14.3 Å². The second-order valence-corrected chi connectivity index (χ2v) is 7.07. The van der Waals surface area contributed by atoms with Crippen LogP contribution in [0, 0.1) is 0 Å². The van der Waals surface area contributed by atoms with E-state index in [2.05, 4.69) is 21.2 Å². The van der Waals surface area contributed by atoms with E-state index < -0.39 is 5.97 Å². The first-order chi connectivity index (χ1) is 11.5. The maximum absolute atomic E-state index is 11.8. The number of benzene rings is 1. The van der Waals surface area contributed by atoms with Crippen LogP contribution in [0.3, 0.4) is 0 Å². The number of nitrogens with one attached hydrogen (secondary N) is 1. The lowest BCUT2D eigenvalue weighted by Crippen LogP contribution is -2.37. The van der Waals surface area contributed by atoms with E-state index in [1.807, 2.05) is 0 Å². The third-order valence-corrected chi connectivity index (χ3v) is 4.68. The van der Waals surface area contributed by atoms with Crippen molar-refractivity contribution < 1.29 is 19.1 Å². The number of esters is 1. The molecule has 0 unspecified atom stereocenters. The number of carbonyl (C=O) groups excluding carboxylic acids is 2. The molecule has 0 bridgehead atoms. The van der Waals surface area contributed by atoms with E-state index in [-0.39, 0.29) is 25.2 Å². The number of hydrogen-bond acceptors (Lipinski definition) is 4. The highest BCUT2D eigenvalue weighted by molar-refractivity contribution is 9.10. The normalized spacial score (nSPS) is 15.4. The van der Waals surface area contributed by atoms with Crippen molar-refractivity contribution in [3.63, 3.8) is 0 Å². The third kappa shape index (κ3) is 6.69. The van der Waals surface area contributed by atoms with Crippen molar-refractivity contribution in [2.24, 2.45) is 0 Å². The van der Waals surface area contributed by atoms with Gasteiger partial charge in [0.25, 0.3) is 5.91 Å². The van der Waals surface area contributed by atoms with Crippen molar-refractivity contribution in [1.29, 1.82) is 0 Å². The fourth-order valence-electron chi connectivity index (χ4n) is 2.61. The van der Waals surface area contributed by atoms with Crippen LogP contribution in [-0.4, -0.2) is 31.1 Å². The van der Waals surface area contributed by atoms with E-state index in [0.717, 1.165) is 25.7 Å². The van der Waals surface area contributed by atoms with Gasteiger partial charge in [-0.1, -0.05) is 37.3 Å². The molecule has 1 fully saturated rings. The molecule has 1 amide bonds. The van der Waals surface area contributed by atoms with E-state index in [1.165, 1.54) is 12.8 Å². The Balaban J connectivity index is 1.67. The molecule has 7 heteroatoms. The number of carbonyl (C=O) groups is 2. The predicted octanol–water partition coefficient (Wildman–Crippen LogP) is 3.86. The van der Waals surface area contributed by atoms with Gasteiger partial charge in [0, 0.05) is 11.1 Å². The quantitative estimate of drug-likeness (QED) is 0.563. The van der Waals surface area contributed by atoms with Gasteiger partial charge in [-0.2, -0.15) is 0 Å². The Bertz CT molecular complexity index is 574. The third-order valence-electron chi connectivity index (χ3n) is 3.82. The molecule has 5 nitrogen and oxygen atoms in total. The second-order valence-electron chi connectivity index (χ2n) is 5.78. The highest BCUT2D eigenvalue weighted by atomic mass is 79.9. The van der Waals surface area contributed by atoms with Crippen LogP contribution in [0.5, 0.6) is 5.75 Å². The Morgan fingerprint density at radius 3 is 2.54 bits per heavy atom. The molecule has 1 aliphatic carbocycles. The number of rotatable bonds is 6. The minimum absolute atomic E-state index is 0.194. The lowest BCUT2D eigenvalue weighted by Gasteiger charge is -2.16. The van der Waals surface area contributed by atoms with Crippen molar-refractivity contribution in [3.05, 3.63) is 27.7 Å². The molecule has 1 aromatic rings. The fraction of sp³-hybridized carbons (Fsp3) is 0.529. The van der Waals surface area contributed by atoms with Gasteiger partial charge >= 0.3 is 5.97 Å². The van der Waals surface area contributed by atoms with Gasteiger partial charge in [-0.15, -0.1) is 0 Å². The highest BCUT2D eigenvalue weighted by Gasteiger charge is 2.16. The first kappa shape index (κ1) is 19.1. The van der Waals surface area contributed by atoms with Crippen LogP contribution in [0.15, 0.2) is 22.7 Å². The summed E-state index contributed by atoms with van der Waals surface area (Å²) in [7, 11) is 0. The van der Waals surface area contributed by atoms with Crippen LogP contribution >= 0.6 is 27.5 Å². The Hall–Kier alpha value is -1.27. The summed E-state index contributed by atoms with van der Waals surface area (Å²) in [5, 5.41) is 3.49. The van der Waals surface area contributed by atoms with Gasteiger partial charge < -0.3 is 14.8 Å². The predicted molar refractivity (Wildman–Crippen MR) is 95.2 cm³/mol. The van der Waals surface area contributed by atoms with Crippen molar-refractivity contribution in [2.45, 2.75) is 44.6 Å². The highest BCUT2D eigenvalue weighted by Crippen LogP contribution is 2.27. The van der Waals surface area contributed by atoms with Crippen LogP contribution in [0.4, 0.5) is 0 Å². The Kier molecular flexibility index (Phi) is 7.85. The van der Waals surface area contributed by atoms with E-state index >= 15 is 0 Å². The van der Waals surface area contributed by atoms with Crippen molar-refractivity contribution in [3.8, 4) is 5.75 Å². The molecule has 0 radical (unpaired) electrons. The minimum Gasteiger partial charge on any atom is -0.481 e. The molecular formula is C17H21BrClNO4. The van der Waals surface area contributed by atoms with Gasteiger partial charge in [0.15, 0.2) is 13.2 Å². The molecule has 0 saturated heterocycles. The molecular weight excluding hydrogens is 398 g/mol. The molecule has 1 aliphatic rings. The maximum Gasteiger partial charge on any atom is 0.344 e. The van der Waals surface area contributed by atoms with Gasteiger partial charge in [0.05, 0.1) is 4.47 Å². The van der Waals surface area contributed by atoms with Crippen LogP contribution in [0.2, 0.25) is 5.02 Å². The van der Waals surface area contributed by atoms with Gasteiger partial charge in [-0.05, 0) is 47.0 Å². The average Bonchev–Trinajstić information content (AvgIpc) is 2.81. The molecule has 1 saturated carbocycles. The van der Waals surface area contributed by atoms with Crippen molar-refractivity contribution in [1.82, 2.24) is 5.32 Å². The smallest absolute Gasteiger partial charge is 0.344 e. The van der Waals surface area contributed by atoms with Gasteiger partial charge in [-0.25, -0.2) is 4.79 Å². The summed E-state index contributed by atoms with van der Waals surface area (Å²) in [6.07, 6.45) is 6.70. The topological polar surface area (TPSA) is 64.6 Å². The molecule has 2 rings (SSSR count). The zero-order valence-electron chi connectivity index (χ0n) is 13.4. The molecule has 24 heavy (non-hydrogen) atoms. The van der Waals surface area contributed by atoms with E-state index in [4.69, 9.17) is 21.1 Å². The van der Waals surface area contributed by atoms with E-state index in [0.29, 0.717) is 15.2 Å². The molecule has 0 aliphatic heterocycles. The van der Waals surface area contributed by atoms with Gasteiger partial charge in [0.2, 0.25) is 0 Å². The van der Waals surface area contributed by atoms with Crippen LogP contribution in [0.25, 0.3) is 0 Å². The largest absolute Gasteiger partial charge is 0.481 e. The monoisotopic (exact) mass is 417 g/mol. The first-order valence-electron chi connectivity index (χ1n) is 8.07. The number of halogens is 2. The molecule has 0 spiro atoms. The summed E-state index contributed by atoms with van der Waals surface area (Å²) >= 11 is 9.13. The SMILES string of the molecule is O=C(COC(=O)COc1ccc(Cl)cc1Br)NC1CCCCCC1. The average molecular weight is 419 g/mol. The zero-order chi connectivity index (χ0) is 17.4. The first-order valence-corrected chi connectivity index (χ1v) is 9.24. The fourth-order valence-corrected chi connectivity index (χ4v) is 3.41. The Morgan fingerprint density at radius 1 is 1.17 bits per heavy atom. The molecule has 0 aromatic heterocycles. The number of ether oxygens (including phenoxy) is 2. The molecule has 1 N–H and O–H groups in total. The zero-order valence-corrected chi connectivity index (χ0v) is 15.7. The number of hydrogen-bond donors (Lipinski definition) is 1. The number of amides is 1. The van der Waals surface area contributed by atoms with Gasteiger partial charge in [0.1, 0.15) is 5.75 Å². The standard InChI is InChI=1S/C17H21BrClNO4/c18-14-9-12(19)7-8-15(14)23-11-17(22)24-10-16(21)20-13-5-3-1-2-4-6-13/h7-9,13H,1-6,10-11H2,(H,20,21). The summed E-state index contributed by atoms with van der Waals surface area (Å²) < 4.78 is 10.9. The van der Waals surface area contributed by atoms with Gasteiger partial charge in [-0.3, -0.25) is 4.79 Å². The van der Waals surface area contributed by atoms with Crippen molar-refractivity contribution in [2.75, 3.05) is 13.2 Å². The van der Waals surface area contributed by atoms with Crippen molar-refractivity contribution >= 4 is 39.4 Å². The second kappa shape index (κ2) is 9.89. The lowest BCUT2D eigenvalue weighted by atomic mass is 10.1. The summed E-state index contributed by atoms with van der Waals surface area (Å²) in [5.41, 5.74) is 0. The maximum atomic E-state index is 11.8. The Labute approximate surface area is 155 Å². The summed E-state index contributed by atoms with van der Waals surface area (Å²) in [6, 6.07) is 5.17. The van der Waals surface area contributed by atoms with E-state index in [9.17, 15) is 9.59 Å². The lowest BCUT2D eigenvalue weighted by molar-refractivity contribution is -0.150. The summed E-state index contributed by atoms with van der Waals surface area (Å²) in [4.78, 5) is 23.5. The molecule has 1 aromatic carbocycles. The molecule has 0 heterocycles. The van der Waals surface area contributed by atoms with Crippen LogP contribution in [0.1, 0.15) is 38.5 Å². The van der Waals surface area contributed by atoms with E-state index in [1.54, 1.807) is 18.2 Å². The minimum atomic E-state index is -0.590. The Morgan fingerprint density at radius 2 is 1.88 bits per heavy atom. The summed E-state index contributed by atoms with van der Waals surface area (Å²) in [5.74, 6) is -0.366.